The van der Waals surface area contributed by atoms with Crippen molar-refractivity contribution in [2.75, 3.05) is 0 Å². The molecule has 0 bridgehead atoms. The first-order chi connectivity index (χ1) is 5.24. The van der Waals surface area contributed by atoms with Crippen LogP contribution >= 0.6 is 0 Å². The van der Waals surface area contributed by atoms with Gasteiger partial charge in [0.2, 0.25) is 0 Å². The average molecular weight is 150 g/mol. The number of rotatable bonds is 6. The summed E-state index contributed by atoms with van der Waals surface area (Å²) in [5.41, 5.74) is -0.135. The summed E-state index contributed by atoms with van der Waals surface area (Å²) in [7, 11) is 7.17. The summed E-state index contributed by atoms with van der Waals surface area (Å²) in [6.07, 6.45) is 6.25. The van der Waals surface area contributed by atoms with Gasteiger partial charge in [0.1, 0.15) is 0 Å². The highest BCUT2D eigenvalue weighted by Crippen LogP contribution is 2.20. The van der Waals surface area contributed by atoms with Crippen molar-refractivity contribution in [3.05, 3.63) is 32.4 Å². The Morgan fingerprint density at radius 3 is 2.00 bits per heavy atom. The molecule has 0 unspecified atom stereocenters. The van der Waals surface area contributed by atoms with Gasteiger partial charge in [-0.1, -0.05) is 19.1 Å². The van der Waals surface area contributed by atoms with E-state index in [0.717, 1.165) is 19.3 Å². The third-order valence-electron chi connectivity index (χ3n) is 2.01. The molecular weight excluding hydrogens is 134 g/mol. The lowest BCUT2D eigenvalue weighted by molar-refractivity contribution is 0.356. The second-order valence-corrected chi connectivity index (χ2v) is 2.74. The minimum Gasteiger partial charge on any atom is -0.300 e. The number of nitrogens with one attached hydrogen (secondary N) is 1. The van der Waals surface area contributed by atoms with Crippen LogP contribution < -0.4 is 5.32 Å². The molecule has 0 fully saturated rings. The third-order valence-corrected chi connectivity index (χ3v) is 2.01. The van der Waals surface area contributed by atoms with E-state index in [-0.39, 0.29) is 5.54 Å². The highest BCUT2D eigenvalue weighted by atomic mass is 14.9. The summed E-state index contributed by atoms with van der Waals surface area (Å²) in [6.45, 7) is 9.40. The van der Waals surface area contributed by atoms with Crippen molar-refractivity contribution >= 4 is 0 Å². The Kier molecular flexibility index (Phi) is 4.88. The first-order valence-electron chi connectivity index (χ1n) is 3.90. The van der Waals surface area contributed by atoms with Crippen molar-refractivity contribution < 1.29 is 0 Å². The molecule has 0 aliphatic carbocycles. The largest absolute Gasteiger partial charge is 0.300 e. The number of hydrogen-bond donors (Lipinski definition) is 1. The second-order valence-electron chi connectivity index (χ2n) is 2.74. The predicted molar refractivity (Wildman–Crippen MR) is 49.0 cm³/mol. The fourth-order valence-electron chi connectivity index (χ4n) is 1.12. The van der Waals surface area contributed by atoms with Gasteiger partial charge in [-0.2, -0.15) is 0 Å². The van der Waals surface area contributed by atoms with E-state index in [2.05, 4.69) is 25.4 Å². The highest BCUT2D eigenvalue weighted by Gasteiger charge is 2.22. The van der Waals surface area contributed by atoms with Gasteiger partial charge in [0, 0.05) is 5.54 Å². The maximum Gasteiger partial charge on any atom is 0.0855 e. The molecule has 0 spiro atoms. The van der Waals surface area contributed by atoms with E-state index in [9.17, 15) is 0 Å². The molecule has 0 aromatic rings. The van der Waals surface area contributed by atoms with E-state index in [1.54, 1.807) is 0 Å². The minimum atomic E-state index is -0.135. The minimum absolute atomic E-state index is 0.135. The summed E-state index contributed by atoms with van der Waals surface area (Å²) in [4.78, 5) is 0. The molecule has 1 nitrogen and oxygen atoms in total. The molecule has 1 N–H and O–H groups in total. The summed E-state index contributed by atoms with van der Waals surface area (Å²) >= 11 is 0. The lowest BCUT2D eigenvalue weighted by Gasteiger charge is -2.29. The van der Waals surface area contributed by atoms with E-state index in [4.69, 9.17) is 7.05 Å². The van der Waals surface area contributed by atoms with Gasteiger partial charge in [0.15, 0.2) is 0 Å². The summed E-state index contributed by atoms with van der Waals surface area (Å²) in [5, 5.41) is 2.57. The van der Waals surface area contributed by atoms with Gasteiger partial charge in [-0.15, -0.1) is 13.2 Å². The van der Waals surface area contributed by atoms with E-state index >= 15 is 0 Å². The number of hydrogen-bond acceptors (Lipinski definition) is 1. The van der Waals surface area contributed by atoms with Crippen molar-refractivity contribution in [3.63, 3.8) is 0 Å². The monoisotopic (exact) mass is 150 g/mol. The van der Waals surface area contributed by atoms with Crippen molar-refractivity contribution in [1.82, 2.24) is 5.32 Å². The molecule has 0 heterocycles. The molecule has 3 radical (unpaired) electrons. The SMILES string of the molecule is [C]NC(CC)(CC=C)CC=C. The van der Waals surface area contributed by atoms with Crippen LogP contribution in [0.1, 0.15) is 26.2 Å². The van der Waals surface area contributed by atoms with Crippen LogP contribution in [0.25, 0.3) is 0 Å². The Morgan fingerprint density at radius 1 is 1.36 bits per heavy atom. The molecule has 0 aliphatic rings. The standard InChI is InChI=1S/C10H16N/c1-5-8-10(7-3,11-4)9-6-2/h5-6,11H,1-2,7-9H2,3H3. The van der Waals surface area contributed by atoms with E-state index in [1.165, 1.54) is 0 Å². The van der Waals surface area contributed by atoms with Crippen LogP contribution in [-0.2, 0) is 0 Å². The van der Waals surface area contributed by atoms with Crippen LogP contribution in [-0.4, -0.2) is 5.54 Å². The van der Waals surface area contributed by atoms with Gasteiger partial charge in [0.05, 0.1) is 7.05 Å². The molecule has 0 saturated heterocycles. The van der Waals surface area contributed by atoms with Gasteiger partial charge < -0.3 is 0 Å². The van der Waals surface area contributed by atoms with Crippen molar-refractivity contribution in [1.29, 1.82) is 0 Å². The third kappa shape index (κ3) is 2.89. The second kappa shape index (κ2) is 5.14. The molecule has 1 heteroatoms. The van der Waals surface area contributed by atoms with Gasteiger partial charge >= 0.3 is 0 Å². The Morgan fingerprint density at radius 2 is 1.82 bits per heavy atom. The van der Waals surface area contributed by atoms with Gasteiger partial charge in [0.25, 0.3) is 0 Å². The zero-order chi connectivity index (χ0) is 8.74. The van der Waals surface area contributed by atoms with E-state index < -0.39 is 0 Å². The zero-order valence-electron chi connectivity index (χ0n) is 7.19. The molecule has 0 saturated carbocycles. The van der Waals surface area contributed by atoms with Crippen LogP contribution in [0.15, 0.2) is 25.3 Å². The molecule has 0 aromatic heterocycles. The summed E-state index contributed by atoms with van der Waals surface area (Å²) in [6, 6.07) is 0. The first-order valence-corrected chi connectivity index (χ1v) is 3.90. The molecule has 61 valence electrons. The lowest BCUT2D eigenvalue weighted by Crippen LogP contribution is -2.39. The lowest BCUT2D eigenvalue weighted by atomic mass is 9.88. The topological polar surface area (TPSA) is 12.0 Å². The van der Waals surface area contributed by atoms with Gasteiger partial charge in [-0.3, -0.25) is 5.32 Å². The first kappa shape index (κ1) is 10.4. The van der Waals surface area contributed by atoms with Crippen molar-refractivity contribution in [2.24, 2.45) is 0 Å². The Balaban J connectivity index is 4.17. The van der Waals surface area contributed by atoms with Crippen LogP contribution in [0.4, 0.5) is 0 Å². The van der Waals surface area contributed by atoms with Gasteiger partial charge in [-0.25, -0.2) is 0 Å². The van der Waals surface area contributed by atoms with Crippen LogP contribution in [0.3, 0.4) is 0 Å². The summed E-state index contributed by atoms with van der Waals surface area (Å²) < 4.78 is 0. The van der Waals surface area contributed by atoms with Crippen molar-refractivity contribution in [2.45, 2.75) is 31.7 Å². The normalized spacial score (nSPS) is 11.1. The zero-order valence-corrected chi connectivity index (χ0v) is 7.19. The fourth-order valence-corrected chi connectivity index (χ4v) is 1.12. The van der Waals surface area contributed by atoms with Crippen LogP contribution in [0.2, 0.25) is 0 Å². The smallest absolute Gasteiger partial charge is 0.0855 e. The Bertz CT molecular complexity index is 111. The van der Waals surface area contributed by atoms with E-state index in [1.807, 2.05) is 12.2 Å². The Hall–Kier alpha value is -0.560. The van der Waals surface area contributed by atoms with Crippen molar-refractivity contribution in [3.8, 4) is 0 Å². The maximum absolute atomic E-state index is 7.17. The molecule has 11 heavy (non-hydrogen) atoms. The maximum atomic E-state index is 7.17. The average Bonchev–Trinajstić information content (AvgIpc) is 2.04. The van der Waals surface area contributed by atoms with Crippen LogP contribution in [0.5, 0.6) is 0 Å². The highest BCUT2D eigenvalue weighted by molar-refractivity contribution is 4.97. The molecule has 0 rings (SSSR count). The molecule has 0 amide bonds. The fraction of sp³-hybridized carbons (Fsp3) is 0.500. The molecule has 0 aromatic carbocycles. The molecule has 0 aliphatic heterocycles. The predicted octanol–water partition coefficient (Wildman–Crippen LogP) is 2.42. The molecular formula is C10H16N. The van der Waals surface area contributed by atoms with E-state index in [0.29, 0.717) is 0 Å². The summed E-state index contributed by atoms with van der Waals surface area (Å²) in [5.74, 6) is 0. The van der Waals surface area contributed by atoms with Crippen LogP contribution in [0, 0.1) is 7.05 Å². The Labute approximate surface area is 70.2 Å². The molecule has 0 atom stereocenters. The quantitative estimate of drug-likeness (QED) is 0.573. The van der Waals surface area contributed by atoms with Gasteiger partial charge in [-0.05, 0) is 19.3 Å².